The molecular formula is C24H33N5O2S. The molecule has 1 aromatic heterocycles. The smallest absolute Gasteiger partial charge is 0.226 e. The molecule has 1 aliphatic carbocycles. The fourth-order valence-electron chi connectivity index (χ4n) is 4.47. The normalized spacial score (nSPS) is 18.0. The van der Waals surface area contributed by atoms with Crippen molar-refractivity contribution in [3.05, 3.63) is 40.4 Å². The molecule has 2 aromatic rings. The van der Waals surface area contributed by atoms with Gasteiger partial charge >= 0.3 is 0 Å². The summed E-state index contributed by atoms with van der Waals surface area (Å²) in [6.07, 6.45) is 6.53. The average Bonchev–Trinajstić information content (AvgIpc) is 3.28. The highest BCUT2D eigenvalue weighted by atomic mass is 32.1. The van der Waals surface area contributed by atoms with Gasteiger partial charge in [-0.3, -0.25) is 14.5 Å². The first kappa shape index (κ1) is 22.9. The minimum atomic E-state index is -0.164. The van der Waals surface area contributed by atoms with E-state index >= 15 is 0 Å². The number of piperazine rings is 1. The van der Waals surface area contributed by atoms with Gasteiger partial charge in [0.1, 0.15) is 5.01 Å². The van der Waals surface area contributed by atoms with E-state index in [2.05, 4.69) is 51.6 Å². The first-order chi connectivity index (χ1) is 15.6. The largest absolute Gasteiger partial charge is 0.340 e. The van der Waals surface area contributed by atoms with Crippen LogP contribution in [0.15, 0.2) is 24.3 Å². The quantitative estimate of drug-likeness (QED) is 0.684. The third kappa shape index (κ3) is 6.36. The SMILES string of the molecule is Cc1ccc(CN2CCN(C(=O)CCC(=O)Nc3nnc(C4CCCCC4)s3)CC2)cc1. The van der Waals surface area contributed by atoms with Crippen molar-refractivity contribution in [2.24, 2.45) is 0 Å². The third-order valence-electron chi connectivity index (χ3n) is 6.46. The first-order valence-electron chi connectivity index (χ1n) is 11.8. The van der Waals surface area contributed by atoms with Gasteiger partial charge < -0.3 is 10.2 Å². The van der Waals surface area contributed by atoms with Crippen LogP contribution >= 0.6 is 11.3 Å². The van der Waals surface area contributed by atoms with Gasteiger partial charge in [-0.1, -0.05) is 60.4 Å². The number of aryl methyl sites for hydroxylation is 1. The van der Waals surface area contributed by atoms with Crippen LogP contribution in [-0.4, -0.2) is 58.0 Å². The maximum atomic E-state index is 12.6. The minimum Gasteiger partial charge on any atom is -0.340 e. The fourth-order valence-corrected chi connectivity index (χ4v) is 5.40. The zero-order chi connectivity index (χ0) is 22.3. The van der Waals surface area contributed by atoms with Crippen LogP contribution in [0.5, 0.6) is 0 Å². The molecule has 7 nitrogen and oxygen atoms in total. The van der Waals surface area contributed by atoms with E-state index in [0.29, 0.717) is 24.1 Å². The zero-order valence-electron chi connectivity index (χ0n) is 18.9. The highest BCUT2D eigenvalue weighted by Crippen LogP contribution is 2.35. The third-order valence-corrected chi connectivity index (χ3v) is 7.46. The van der Waals surface area contributed by atoms with E-state index in [-0.39, 0.29) is 24.7 Å². The van der Waals surface area contributed by atoms with Crippen LogP contribution in [0.4, 0.5) is 5.13 Å². The highest BCUT2D eigenvalue weighted by Gasteiger charge is 2.23. The number of carbonyl (C=O) groups is 2. The number of benzene rings is 1. The molecule has 172 valence electrons. The van der Waals surface area contributed by atoms with Gasteiger partial charge in [-0.05, 0) is 25.3 Å². The van der Waals surface area contributed by atoms with Crippen molar-refractivity contribution < 1.29 is 9.59 Å². The summed E-state index contributed by atoms with van der Waals surface area (Å²) in [4.78, 5) is 29.1. The van der Waals surface area contributed by atoms with E-state index in [1.165, 1.54) is 41.7 Å². The van der Waals surface area contributed by atoms with Crippen molar-refractivity contribution in [3.8, 4) is 0 Å². The lowest BCUT2D eigenvalue weighted by molar-refractivity contribution is -0.134. The van der Waals surface area contributed by atoms with Crippen LogP contribution in [-0.2, 0) is 16.1 Å². The number of aromatic nitrogens is 2. The first-order valence-corrected chi connectivity index (χ1v) is 12.6. The lowest BCUT2D eigenvalue weighted by atomic mass is 9.90. The molecule has 2 heterocycles. The van der Waals surface area contributed by atoms with Crippen molar-refractivity contribution in [2.45, 2.75) is 64.3 Å². The van der Waals surface area contributed by atoms with Gasteiger partial charge in [0, 0.05) is 51.5 Å². The van der Waals surface area contributed by atoms with Gasteiger partial charge in [-0.15, -0.1) is 10.2 Å². The van der Waals surface area contributed by atoms with Gasteiger partial charge in [-0.25, -0.2) is 0 Å². The molecule has 4 rings (SSSR count). The Morgan fingerprint density at radius 1 is 1.00 bits per heavy atom. The van der Waals surface area contributed by atoms with Gasteiger partial charge in [-0.2, -0.15) is 0 Å². The van der Waals surface area contributed by atoms with E-state index in [9.17, 15) is 9.59 Å². The molecule has 32 heavy (non-hydrogen) atoms. The van der Waals surface area contributed by atoms with E-state index in [1.807, 2.05) is 4.90 Å². The lowest BCUT2D eigenvalue weighted by Crippen LogP contribution is -2.48. The molecule has 1 aliphatic heterocycles. The molecule has 2 fully saturated rings. The van der Waals surface area contributed by atoms with Crippen LogP contribution in [0.1, 0.15) is 67.0 Å². The summed E-state index contributed by atoms with van der Waals surface area (Å²) in [5.41, 5.74) is 2.57. The second-order valence-electron chi connectivity index (χ2n) is 8.97. The topological polar surface area (TPSA) is 78.4 Å². The van der Waals surface area contributed by atoms with E-state index < -0.39 is 0 Å². The van der Waals surface area contributed by atoms with Gasteiger partial charge in [0.05, 0.1) is 0 Å². The lowest BCUT2D eigenvalue weighted by Gasteiger charge is -2.34. The fraction of sp³-hybridized carbons (Fsp3) is 0.583. The Kier molecular flexibility index (Phi) is 7.86. The Morgan fingerprint density at radius 2 is 1.72 bits per heavy atom. The Bertz CT molecular complexity index is 899. The van der Waals surface area contributed by atoms with Crippen LogP contribution in [0.25, 0.3) is 0 Å². The standard InChI is InChI=1S/C24H33N5O2S/c1-18-7-9-19(10-8-18)17-28-13-15-29(16-14-28)22(31)12-11-21(30)25-24-27-26-23(32-24)20-5-3-2-4-6-20/h7-10,20H,2-6,11-17H2,1H3,(H,25,27,30). The molecule has 2 amide bonds. The number of rotatable bonds is 7. The molecular weight excluding hydrogens is 422 g/mol. The number of hydrogen-bond donors (Lipinski definition) is 1. The minimum absolute atomic E-state index is 0.0512. The molecule has 0 unspecified atom stereocenters. The second-order valence-corrected chi connectivity index (χ2v) is 9.98. The van der Waals surface area contributed by atoms with E-state index in [0.717, 1.165) is 37.5 Å². The molecule has 1 N–H and O–H groups in total. The summed E-state index contributed by atoms with van der Waals surface area (Å²) in [6.45, 7) is 6.16. The Morgan fingerprint density at radius 3 is 2.44 bits per heavy atom. The average molecular weight is 456 g/mol. The summed E-state index contributed by atoms with van der Waals surface area (Å²) in [6, 6.07) is 8.61. The van der Waals surface area contributed by atoms with Crippen LogP contribution in [0.2, 0.25) is 0 Å². The van der Waals surface area contributed by atoms with Crippen molar-refractivity contribution in [1.29, 1.82) is 0 Å². The van der Waals surface area contributed by atoms with Crippen LogP contribution in [0, 0.1) is 6.92 Å². The summed E-state index contributed by atoms with van der Waals surface area (Å²) in [7, 11) is 0. The number of carbonyl (C=O) groups excluding carboxylic acids is 2. The number of hydrogen-bond acceptors (Lipinski definition) is 6. The van der Waals surface area contributed by atoms with Crippen LogP contribution < -0.4 is 5.32 Å². The zero-order valence-corrected chi connectivity index (χ0v) is 19.7. The molecule has 1 saturated heterocycles. The van der Waals surface area contributed by atoms with Crippen LogP contribution in [0.3, 0.4) is 0 Å². The molecule has 0 bridgehead atoms. The molecule has 2 aliphatic rings. The summed E-state index contributed by atoms with van der Waals surface area (Å²) in [5, 5.41) is 12.8. The number of anilines is 1. The predicted molar refractivity (Wildman–Crippen MR) is 127 cm³/mol. The van der Waals surface area contributed by atoms with Crippen molar-refractivity contribution in [1.82, 2.24) is 20.0 Å². The second kappa shape index (κ2) is 11.0. The highest BCUT2D eigenvalue weighted by molar-refractivity contribution is 7.15. The van der Waals surface area contributed by atoms with Gasteiger partial charge in [0.2, 0.25) is 16.9 Å². The van der Waals surface area contributed by atoms with Crippen molar-refractivity contribution >= 4 is 28.3 Å². The van der Waals surface area contributed by atoms with Crippen molar-refractivity contribution in [2.75, 3.05) is 31.5 Å². The Hall–Kier alpha value is -2.32. The summed E-state index contributed by atoms with van der Waals surface area (Å²) >= 11 is 1.48. The van der Waals surface area contributed by atoms with Crippen molar-refractivity contribution in [3.63, 3.8) is 0 Å². The number of nitrogens with one attached hydrogen (secondary N) is 1. The van der Waals surface area contributed by atoms with Gasteiger partial charge in [0.15, 0.2) is 0 Å². The summed E-state index contributed by atoms with van der Waals surface area (Å²) in [5.74, 6) is 0.371. The molecule has 0 spiro atoms. The molecule has 8 heteroatoms. The Balaban J connectivity index is 1.16. The molecule has 1 saturated carbocycles. The maximum Gasteiger partial charge on any atom is 0.226 e. The number of amides is 2. The van der Waals surface area contributed by atoms with E-state index in [4.69, 9.17) is 0 Å². The van der Waals surface area contributed by atoms with Gasteiger partial charge in [0.25, 0.3) is 0 Å². The van der Waals surface area contributed by atoms with E-state index in [1.54, 1.807) is 0 Å². The predicted octanol–water partition coefficient (Wildman–Crippen LogP) is 3.96. The molecule has 1 aromatic carbocycles. The maximum absolute atomic E-state index is 12.6. The Labute approximate surface area is 194 Å². The summed E-state index contributed by atoms with van der Waals surface area (Å²) < 4.78 is 0. The monoisotopic (exact) mass is 455 g/mol. The molecule has 0 radical (unpaired) electrons. The number of nitrogens with zero attached hydrogens (tertiary/aromatic N) is 4. The molecule has 0 atom stereocenters.